The summed E-state index contributed by atoms with van der Waals surface area (Å²) >= 11 is 0. The number of hydrogen-bond acceptors (Lipinski definition) is 2. The number of benzene rings is 1. The molecule has 0 heterocycles. The molecule has 1 aromatic carbocycles. The molecule has 0 radical (unpaired) electrons. The SMILES string of the molecule is CC(N)Cc1cccc(C=O)c1. The van der Waals surface area contributed by atoms with E-state index in [-0.39, 0.29) is 6.04 Å². The maximum Gasteiger partial charge on any atom is 0.150 e. The molecule has 1 aromatic rings. The molecule has 0 aliphatic rings. The second kappa shape index (κ2) is 4.02. The molecule has 2 nitrogen and oxygen atoms in total. The Morgan fingerprint density at radius 2 is 2.33 bits per heavy atom. The minimum Gasteiger partial charge on any atom is -0.328 e. The lowest BCUT2D eigenvalue weighted by Crippen LogP contribution is -2.17. The highest BCUT2D eigenvalue weighted by molar-refractivity contribution is 5.74. The lowest BCUT2D eigenvalue weighted by Gasteiger charge is -2.04. The number of aldehydes is 1. The van der Waals surface area contributed by atoms with Crippen molar-refractivity contribution in [2.24, 2.45) is 5.73 Å². The summed E-state index contributed by atoms with van der Waals surface area (Å²) in [6.07, 6.45) is 1.67. The molecule has 0 fully saturated rings. The Balaban J connectivity index is 2.79. The largest absolute Gasteiger partial charge is 0.328 e. The predicted molar refractivity (Wildman–Crippen MR) is 49.2 cm³/mol. The third-order valence-electron chi connectivity index (χ3n) is 1.64. The van der Waals surface area contributed by atoms with Crippen LogP contribution < -0.4 is 5.73 Å². The average Bonchev–Trinajstić information content (AvgIpc) is 2.03. The summed E-state index contributed by atoms with van der Waals surface area (Å²) in [5.74, 6) is 0. The highest BCUT2D eigenvalue weighted by Crippen LogP contribution is 2.04. The molecule has 2 N–H and O–H groups in total. The summed E-state index contributed by atoms with van der Waals surface area (Å²) in [5.41, 5.74) is 7.46. The molecule has 0 amide bonds. The average molecular weight is 163 g/mol. The fourth-order valence-electron chi connectivity index (χ4n) is 1.17. The van der Waals surface area contributed by atoms with Crippen molar-refractivity contribution in [1.29, 1.82) is 0 Å². The number of carbonyl (C=O) groups excluding carboxylic acids is 1. The predicted octanol–water partition coefficient (Wildman–Crippen LogP) is 1.39. The van der Waals surface area contributed by atoms with Crippen LogP contribution in [0.15, 0.2) is 24.3 Å². The first-order chi connectivity index (χ1) is 5.72. The molecular formula is C10H13NO. The van der Waals surface area contributed by atoms with Crippen LogP contribution in [0.5, 0.6) is 0 Å². The van der Waals surface area contributed by atoms with E-state index in [1.807, 2.05) is 25.1 Å². The van der Waals surface area contributed by atoms with E-state index in [9.17, 15) is 4.79 Å². The summed E-state index contributed by atoms with van der Waals surface area (Å²) in [6, 6.07) is 7.66. The maximum absolute atomic E-state index is 10.4. The summed E-state index contributed by atoms with van der Waals surface area (Å²) in [5, 5.41) is 0. The molecule has 0 aliphatic heterocycles. The van der Waals surface area contributed by atoms with Crippen molar-refractivity contribution in [1.82, 2.24) is 0 Å². The van der Waals surface area contributed by atoms with Gasteiger partial charge in [-0.3, -0.25) is 4.79 Å². The lowest BCUT2D eigenvalue weighted by atomic mass is 10.1. The summed E-state index contributed by atoms with van der Waals surface area (Å²) in [7, 11) is 0. The Hall–Kier alpha value is -1.15. The van der Waals surface area contributed by atoms with Crippen molar-refractivity contribution in [3.8, 4) is 0 Å². The third kappa shape index (κ3) is 2.47. The first kappa shape index (κ1) is 8.94. The van der Waals surface area contributed by atoms with Crippen LogP contribution in [0.1, 0.15) is 22.8 Å². The minimum atomic E-state index is 0.145. The van der Waals surface area contributed by atoms with Gasteiger partial charge in [0.05, 0.1) is 0 Å². The van der Waals surface area contributed by atoms with Gasteiger partial charge in [-0.15, -0.1) is 0 Å². The second-order valence-electron chi connectivity index (χ2n) is 3.04. The van der Waals surface area contributed by atoms with Gasteiger partial charge in [-0.1, -0.05) is 18.2 Å². The van der Waals surface area contributed by atoms with Crippen LogP contribution in [0, 0.1) is 0 Å². The van der Waals surface area contributed by atoms with Crippen LogP contribution in [0.25, 0.3) is 0 Å². The monoisotopic (exact) mass is 163 g/mol. The molecule has 2 heteroatoms. The minimum absolute atomic E-state index is 0.145. The molecule has 1 unspecified atom stereocenters. The fourth-order valence-corrected chi connectivity index (χ4v) is 1.17. The van der Waals surface area contributed by atoms with Crippen LogP contribution in [-0.2, 0) is 6.42 Å². The molecule has 0 spiro atoms. The van der Waals surface area contributed by atoms with Crippen LogP contribution in [0.3, 0.4) is 0 Å². The van der Waals surface area contributed by atoms with Crippen LogP contribution in [0.2, 0.25) is 0 Å². The molecule has 12 heavy (non-hydrogen) atoms. The zero-order valence-electron chi connectivity index (χ0n) is 7.16. The number of nitrogens with two attached hydrogens (primary N) is 1. The van der Waals surface area contributed by atoms with E-state index in [0.29, 0.717) is 5.56 Å². The van der Waals surface area contributed by atoms with Crippen LogP contribution in [0.4, 0.5) is 0 Å². The molecule has 1 atom stereocenters. The zero-order chi connectivity index (χ0) is 8.97. The van der Waals surface area contributed by atoms with Crippen LogP contribution >= 0.6 is 0 Å². The molecule has 0 saturated carbocycles. The van der Waals surface area contributed by atoms with Gasteiger partial charge in [0.1, 0.15) is 6.29 Å². The van der Waals surface area contributed by atoms with E-state index in [1.54, 1.807) is 6.07 Å². The number of rotatable bonds is 3. The molecule has 1 rings (SSSR count). The van der Waals surface area contributed by atoms with Gasteiger partial charge >= 0.3 is 0 Å². The first-order valence-electron chi connectivity index (χ1n) is 4.02. The van der Waals surface area contributed by atoms with Gasteiger partial charge in [0.25, 0.3) is 0 Å². The van der Waals surface area contributed by atoms with Crippen molar-refractivity contribution in [3.63, 3.8) is 0 Å². The van der Waals surface area contributed by atoms with Crippen LogP contribution in [-0.4, -0.2) is 12.3 Å². The Morgan fingerprint density at radius 3 is 2.92 bits per heavy atom. The first-order valence-corrected chi connectivity index (χ1v) is 4.02. The third-order valence-corrected chi connectivity index (χ3v) is 1.64. The van der Waals surface area contributed by atoms with Crippen molar-refractivity contribution in [3.05, 3.63) is 35.4 Å². The topological polar surface area (TPSA) is 43.1 Å². The van der Waals surface area contributed by atoms with Gasteiger partial charge in [0, 0.05) is 11.6 Å². The molecule has 0 bridgehead atoms. The molecular weight excluding hydrogens is 150 g/mol. The maximum atomic E-state index is 10.4. The van der Waals surface area contributed by atoms with Gasteiger partial charge in [0.2, 0.25) is 0 Å². The van der Waals surface area contributed by atoms with E-state index in [1.165, 1.54) is 0 Å². The van der Waals surface area contributed by atoms with E-state index < -0.39 is 0 Å². The van der Waals surface area contributed by atoms with Crippen molar-refractivity contribution < 1.29 is 4.79 Å². The van der Waals surface area contributed by atoms with Gasteiger partial charge in [0.15, 0.2) is 0 Å². The normalized spacial score (nSPS) is 12.5. The Bertz CT molecular complexity index is 268. The second-order valence-corrected chi connectivity index (χ2v) is 3.04. The summed E-state index contributed by atoms with van der Waals surface area (Å²) < 4.78 is 0. The molecule has 0 aliphatic carbocycles. The Kier molecular flexibility index (Phi) is 3.00. The van der Waals surface area contributed by atoms with E-state index in [4.69, 9.17) is 5.73 Å². The van der Waals surface area contributed by atoms with Gasteiger partial charge in [-0.05, 0) is 25.0 Å². The Morgan fingerprint density at radius 1 is 1.58 bits per heavy atom. The van der Waals surface area contributed by atoms with Crippen molar-refractivity contribution in [2.45, 2.75) is 19.4 Å². The highest BCUT2D eigenvalue weighted by atomic mass is 16.1. The van der Waals surface area contributed by atoms with E-state index in [2.05, 4.69) is 0 Å². The standard InChI is InChI=1S/C10H13NO/c1-8(11)5-9-3-2-4-10(6-9)7-12/h2-4,6-8H,5,11H2,1H3. The van der Waals surface area contributed by atoms with Gasteiger partial charge < -0.3 is 5.73 Å². The smallest absolute Gasteiger partial charge is 0.150 e. The highest BCUT2D eigenvalue weighted by Gasteiger charge is 1.97. The molecule has 0 saturated heterocycles. The molecule has 64 valence electrons. The lowest BCUT2D eigenvalue weighted by molar-refractivity contribution is 0.112. The van der Waals surface area contributed by atoms with Crippen molar-refractivity contribution >= 4 is 6.29 Å². The fraction of sp³-hybridized carbons (Fsp3) is 0.300. The van der Waals surface area contributed by atoms with Gasteiger partial charge in [-0.2, -0.15) is 0 Å². The molecule has 0 aromatic heterocycles. The van der Waals surface area contributed by atoms with Gasteiger partial charge in [-0.25, -0.2) is 0 Å². The zero-order valence-corrected chi connectivity index (χ0v) is 7.16. The number of carbonyl (C=O) groups is 1. The Labute approximate surface area is 72.4 Å². The van der Waals surface area contributed by atoms with E-state index >= 15 is 0 Å². The van der Waals surface area contributed by atoms with E-state index in [0.717, 1.165) is 18.3 Å². The quantitative estimate of drug-likeness (QED) is 0.684. The summed E-state index contributed by atoms with van der Waals surface area (Å²) in [4.78, 5) is 10.4. The summed E-state index contributed by atoms with van der Waals surface area (Å²) in [6.45, 7) is 1.95. The van der Waals surface area contributed by atoms with Crippen molar-refractivity contribution in [2.75, 3.05) is 0 Å². The number of hydrogen-bond donors (Lipinski definition) is 1.